The van der Waals surface area contributed by atoms with Gasteiger partial charge in [0.05, 0.1) is 0 Å². The zero-order valence-corrected chi connectivity index (χ0v) is 8.07. The fourth-order valence-corrected chi connectivity index (χ4v) is 2.48. The molecule has 0 radical (unpaired) electrons. The van der Waals surface area contributed by atoms with Crippen LogP contribution in [0.4, 0.5) is 0 Å². The smallest absolute Gasteiger partial charge is 0.0198 e. The molecular formula is C9H18OS. The van der Waals surface area contributed by atoms with Crippen molar-refractivity contribution in [3.8, 4) is 0 Å². The third-order valence-corrected chi connectivity index (χ3v) is 3.08. The van der Waals surface area contributed by atoms with Gasteiger partial charge in [0.25, 0.3) is 0 Å². The molecule has 0 saturated heterocycles. The Morgan fingerprint density at radius 1 is 1.45 bits per heavy atom. The molecule has 0 aromatic carbocycles. The van der Waals surface area contributed by atoms with E-state index in [4.69, 9.17) is 4.55 Å². The van der Waals surface area contributed by atoms with E-state index in [-0.39, 0.29) is 0 Å². The molecule has 0 heterocycles. The maximum absolute atomic E-state index is 8.58. The minimum atomic E-state index is 0.901. The lowest BCUT2D eigenvalue weighted by Crippen LogP contribution is -2.13. The summed E-state index contributed by atoms with van der Waals surface area (Å²) in [5.41, 5.74) is 0. The molecule has 1 nitrogen and oxygen atoms in total. The third kappa shape index (κ3) is 3.48. The van der Waals surface area contributed by atoms with Gasteiger partial charge in [-0.25, -0.2) is 0 Å². The Balaban J connectivity index is 2.12. The molecule has 0 bridgehead atoms. The van der Waals surface area contributed by atoms with E-state index in [1.165, 1.54) is 32.1 Å². The maximum Gasteiger partial charge on any atom is 0.0198 e. The molecule has 1 aliphatic carbocycles. The highest BCUT2D eigenvalue weighted by Gasteiger charge is 2.17. The molecule has 1 N–H and O–H groups in total. The molecule has 2 atom stereocenters. The van der Waals surface area contributed by atoms with Gasteiger partial charge in [-0.2, -0.15) is 0 Å². The van der Waals surface area contributed by atoms with Crippen molar-refractivity contribution < 1.29 is 4.55 Å². The van der Waals surface area contributed by atoms with Gasteiger partial charge in [-0.1, -0.05) is 26.2 Å². The summed E-state index contributed by atoms with van der Waals surface area (Å²) in [6.45, 7) is 2.35. The van der Waals surface area contributed by atoms with Gasteiger partial charge in [0.1, 0.15) is 0 Å². The lowest BCUT2D eigenvalue weighted by Gasteiger charge is -2.26. The molecule has 2 unspecified atom stereocenters. The molecule has 0 aromatic rings. The van der Waals surface area contributed by atoms with Gasteiger partial charge >= 0.3 is 0 Å². The van der Waals surface area contributed by atoms with Crippen molar-refractivity contribution in [2.24, 2.45) is 11.8 Å². The van der Waals surface area contributed by atoms with Crippen molar-refractivity contribution in [3.63, 3.8) is 0 Å². The van der Waals surface area contributed by atoms with E-state index in [2.05, 4.69) is 6.92 Å². The predicted molar refractivity (Wildman–Crippen MR) is 50.8 cm³/mol. The van der Waals surface area contributed by atoms with Crippen molar-refractivity contribution in [1.29, 1.82) is 0 Å². The highest BCUT2D eigenvalue weighted by molar-refractivity contribution is 7.93. The average molecular weight is 174 g/mol. The summed E-state index contributed by atoms with van der Waals surface area (Å²) in [7, 11) is 0. The molecule has 0 aromatic heterocycles. The molecule has 2 heteroatoms. The van der Waals surface area contributed by atoms with Crippen LogP contribution in [0.5, 0.6) is 0 Å². The molecular weight excluding hydrogens is 156 g/mol. The Labute approximate surface area is 73.8 Å². The van der Waals surface area contributed by atoms with Crippen LogP contribution >= 0.6 is 12.0 Å². The molecule has 66 valence electrons. The first-order valence-electron chi connectivity index (χ1n) is 4.59. The summed E-state index contributed by atoms with van der Waals surface area (Å²) in [4.78, 5) is 0. The molecule has 1 saturated carbocycles. The maximum atomic E-state index is 8.58. The second-order valence-corrected chi connectivity index (χ2v) is 4.43. The van der Waals surface area contributed by atoms with Gasteiger partial charge < -0.3 is 4.55 Å². The van der Waals surface area contributed by atoms with E-state index in [1.807, 2.05) is 0 Å². The van der Waals surface area contributed by atoms with E-state index < -0.39 is 0 Å². The summed E-state index contributed by atoms with van der Waals surface area (Å²) in [6.07, 6.45) is 6.82. The largest absolute Gasteiger partial charge is 0.330 e. The Morgan fingerprint density at radius 2 is 2.27 bits per heavy atom. The van der Waals surface area contributed by atoms with Gasteiger partial charge in [0, 0.05) is 5.75 Å². The zero-order chi connectivity index (χ0) is 8.10. The van der Waals surface area contributed by atoms with Crippen LogP contribution in [-0.4, -0.2) is 10.3 Å². The topological polar surface area (TPSA) is 20.2 Å². The fraction of sp³-hybridized carbons (Fsp3) is 1.00. The Bertz CT molecular complexity index is 106. The highest BCUT2D eigenvalue weighted by atomic mass is 32.2. The lowest BCUT2D eigenvalue weighted by atomic mass is 9.81. The average Bonchev–Trinajstić information content (AvgIpc) is 2.01. The molecule has 0 spiro atoms. The van der Waals surface area contributed by atoms with Crippen molar-refractivity contribution in [3.05, 3.63) is 0 Å². The SMILES string of the molecule is CC1CCCC(CCSO)C1. The van der Waals surface area contributed by atoms with Crippen LogP contribution in [0.15, 0.2) is 0 Å². The van der Waals surface area contributed by atoms with Gasteiger partial charge in [-0.15, -0.1) is 0 Å². The van der Waals surface area contributed by atoms with Crippen molar-refractivity contribution in [2.45, 2.75) is 39.0 Å². The quantitative estimate of drug-likeness (QED) is 0.662. The first-order chi connectivity index (χ1) is 5.33. The van der Waals surface area contributed by atoms with Crippen molar-refractivity contribution >= 4 is 12.0 Å². The monoisotopic (exact) mass is 174 g/mol. The van der Waals surface area contributed by atoms with E-state index in [9.17, 15) is 0 Å². The zero-order valence-electron chi connectivity index (χ0n) is 7.25. The molecule has 1 fully saturated rings. The lowest BCUT2D eigenvalue weighted by molar-refractivity contribution is 0.277. The predicted octanol–water partition coefficient (Wildman–Crippen LogP) is 3.41. The second-order valence-electron chi connectivity index (χ2n) is 3.76. The van der Waals surface area contributed by atoms with Gasteiger partial charge in [0.2, 0.25) is 0 Å². The van der Waals surface area contributed by atoms with Crippen LogP contribution in [0.25, 0.3) is 0 Å². The number of rotatable bonds is 3. The van der Waals surface area contributed by atoms with Crippen molar-refractivity contribution in [2.75, 3.05) is 5.75 Å². The van der Waals surface area contributed by atoms with Crippen LogP contribution in [-0.2, 0) is 0 Å². The minimum absolute atomic E-state index is 0.901. The van der Waals surface area contributed by atoms with Gasteiger partial charge in [0.15, 0.2) is 0 Å². The van der Waals surface area contributed by atoms with E-state index in [1.54, 1.807) is 0 Å². The Morgan fingerprint density at radius 3 is 2.91 bits per heavy atom. The first kappa shape index (κ1) is 9.40. The summed E-state index contributed by atoms with van der Waals surface area (Å²) in [6, 6.07) is 0. The van der Waals surface area contributed by atoms with E-state index in [0.29, 0.717) is 0 Å². The van der Waals surface area contributed by atoms with Gasteiger partial charge in [-0.3, -0.25) is 0 Å². The highest BCUT2D eigenvalue weighted by Crippen LogP contribution is 2.31. The normalized spacial score (nSPS) is 32.2. The van der Waals surface area contributed by atoms with E-state index in [0.717, 1.165) is 29.6 Å². The summed E-state index contributed by atoms with van der Waals surface area (Å²) in [5, 5.41) is 0. The molecule has 1 rings (SSSR count). The summed E-state index contributed by atoms with van der Waals surface area (Å²) >= 11 is 0.997. The van der Waals surface area contributed by atoms with Gasteiger partial charge in [-0.05, 0) is 36.7 Å². The number of hydrogen-bond acceptors (Lipinski definition) is 2. The van der Waals surface area contributed by atoms with Crippen LogP contribution in [0.1, 0.15) is 39.0 Å². The van der Waals surface area contributed by atoms with Crippen LogP contribution in [0.2, 0.25) is 0 Å². The first-order valence-corrected chi connectivity index (χ1v) is 5.53. The standard InChI is InChI=1S/C9H18OS/c1-8-3-2-4-9(7-8)5-6-11-10/h8-10H,2-7H2,1H3. The summed E-state index contributed by atoms with van der Waals surface area (Å²) < 4.78 is 8.58. The Kier molecular flexibility index (Phi) is 4.31. The van der Waals surface area contributed by atoms with Crippen LogP contribution < -0.4 is 0 Å². The molecule has 0 aliphatic heterocycles. The van der Waals surface area contributed by atoms with E-state index >= 15 is 0 Å². The minimum Gasteiger partial charge on any atom is -0.330 e. The third-order valence-electron chi connectivity index (χ3n) is 2.66. The number of hydrogen-bond donors (Lipinski definition) is 1. The second kappa shape index (κ2) is 5.04. The summed E-state index contributed by atoms with van der Waals surface area (Å²) in [5.74, 6) is 2.76. The van der Waals surface area contributed by atoms with Crippen LogP contribution in [0, 0.1) is 11.8 Å². The van der Waals surface area contributed by atoms with Crippen LogP contribution in [0.3, 0.4) is 0 Å². The molecule has 11 heavy (non-hydrogen) atoms. The Hall–Kier alpha value is 0.310. The fourth-order valence-electron chi connectivity index (χ4n) is 2.04. The molecule has 1 aliphatic rings. The van der Waals surface area contributed by atoms with Crippen molar-refractivity contribution in [1.82, 2.24) is 0 Å². The molecule has 0 amide bonds.